The second-order valence-electron chi connectivity index (χ2n) is 6.78. The summed E-state index contributed by atoms with van der Waals surface area (Å²) >= 11 is 0. The lowest BCUT2D eigenvalue weighted by molar-refractivity contribution is -0.884. The van der Waals surface area contributed by atoms with Crippen LogP contribution < -0.4 is 10.8 Å². The number of nitrogens with one attached hydrogen (secondary N) is 1. The van der Waals surface area contributed by atoms with Crippen LogP contribution in [0.1, 0.15) is 40.0 Å². The normalized spacial score (nSPS) is 39.1. The highest BCUT2D eigenvalue weighted by molar-refractivity contribution is 5.80. The van der Waals surface area contributed by atoms with Crippen LogP contribution in [0.2, 0.25) is 0 Å². The summed E-state index contributed by atoms with van der Waals surface area (Å²) in [5, 5.41) is 12.1. The number of piperidine rings is 2. The van der Waals surface area contributed by atoms with Gasteiger partial charge in [-0.3, -0.25) is 4.79 Å². The summed E-state index contributed by atoms with van der Waals surface area (Å²) in [6.45, 7) is 8.16. The molecule has 2 saturated heterocycles. The number of carbonyl (C=O) groups excluding carboxylic acids is 1. The van der Waals surface area contributed by atoms with Gasteiger partial charge in [0.25, 0.3) is 0 Å². The lowest BCUT2D eigenvalue weighted by Gasteiger charge is -2.45. The van der Waals surface area contributed by atoms with Crippen LogP contribution in [0, 0.1) is 17.0 Å². The molecular formula is C14H27N3O2. The monoisotopic (exact) mass is 269 g/mol. The van der Waals surface area contributed by atoms with E-state index in [1.54, 1.807) is 0 Å². The Morgan fingerprint density at radius 1 is 1.37 bits per heavy atom. The number of nitrogens with two attached hydrogens (primary N) is 1. The highest BCUT2D eigenvalue weighted by Crippen LogP contribution is 2.26. The first kappa shape index (κ1) is 14.8. The molecule has 19 heavy (non-hydrogen) atoms. The van der Waals surface area contributed by atoms with Crippen LogP contribution in [0.15, 0.2) is 0 Å². The summed E-state index contributed by atoms with van der Waals surface area (Å²) in [7, 11) is 0. The maximum absolute atomic E-state index is 12.7. The van der Waals surface area contributed by atoms with E-state index in [0.29, 0.717) is 12.5 Å². The van der Waals surface area contributed by atoms with Gasteiger partial charge in [0.1, 0.15) is 0 Å². The van der Waals surface area contributed by atoms with Crippen molar-refractivity contribution >= 4 is 5.91 Å². The van der Waals surface area contributed by atoms with Crippen molar-refractivity contribution in [3.63, 3.8) is 0 Å². The van der Waals surface area contributed by atoms with E-state index in [2.05, 4.69) is 6.92 Å². The molecule has 2 fully saturated rings. The van der Waals surface area contributed by atoms with Gasteiger partial charge >= 0.3 is 0 Å². The fraction of sp³-hybridized carbons (Fsp3) is 0.929. The molecule has 0 saturated carbocycles. The zero-order chi connectivity index (χ0) is 14.2. The van der Waals surface area contributed by atoms with Crippen molar-refractivity contribution in [1.82, 2.24) is 4.90 Å². The summed E-state index contributed by atoms with van der Waals surface area (Å²) in [5.41, 5.74) is 5.96. The minimum Gasteiger partial charge on any atom is -0.634 e. The molecule has 2 aliphatic rings. The van der Waals surface area contributed by atoms with Crippen molar-refractivity contribution in [2.24, 2.45) is 17.6 Å². The molecule has 110 valence electrons. The highest BCUT2D eigenvalue weighted by atomic mass is 16.5. The molecule has 0 aromatic carbocycles. The predicted octanol–water partition coefficient (Wildman–Crippen LogP) is -0.247. The van der Waals surface area contributed by atoms with Crippen LogP contribution in [0.5, 0.6) is 0 Å². The molecule has 5 heteroatoms. The molecule has 1 amide bonds. The molecular weight excluding hydrogens is 242 g/mol. The Bertz CT molecular complexity index is 336. The third kappa shape index (κ3) is 3.09. The highest BCUT2D eigenvalue weighted by Gasteiger charge is 2.41. The maximum atomic E-state index is 12.7. The lowest BCUT2D eigenvalue weighted by Crippen LogP contribution is -3.13. The van der Waals surface area contributed by atoms with Crippen LogP contribution in [0.4, 0.5) is 0 Å². The molecule has 0 spiro atoms. The number of likely N-dealkylation sites (tertiary alicyclic amines) is 1. The molecule has 3 N–H and O–H groups in total. The summed E-state index contributed by atoms with van der Waals surface area (Å²) < 4.78 is 0. The third-order valence-corrected chi connectivity index (χ3v) is 5.01. The quantitative estimate of drug-likeness (QED) is 0.645. The van der Waals surface area contributed by atoms with Gasteiger partial charge in [-0.05, 0) is 32.6 Å². The number of rotatable bonds is 1. The largest absolute Gasteiger partial charge is 0.634 e. The summed E-state index contributed by atoms with van der Waals surface area (Å²) in [5.74, 6) is 0.360. The first-order valence-electron chi connectivity index (χ1n) is 7.42. The minimum atomic E-state index is -0.142. The molecule has 0 aromatic heterocycles. The van der Waals surface area contributed by atoms with Gasteiger partial charge in [-0.2, -0.15) is 0 Å². The van der Waals surface area contributed by atoms with Gasteiger partial charge in [-0.15, -0.1) is 0 Å². The number of carbonyl (C=O) groups is 1. The van der Waals surface area contributed by atoms with E-state index in [1.807, 2.05) is 18.7 Å². The summed E-state index contributed by atoms with van der Waals surface area (Å²) in [4.78, 5) is 14.6. The Balaban J connectivity index is 2.02. The Kier molecular flexibility index (Phi) is 4.18. The second-order valence-corrected chi connectivity index (χ2v) is 6.78. The van der Waals surface area contributed by atoms with Gasteiger partial charge in [0, 0.05) is 25.0 Å². The van der Waals surface area contributed by atoms with Crippen LogP contribution in [0.25, 0.3) is 0 Å². The summed E-state index contributed by atoms with van der Waals surface area (Å²) in [6, 6.07) is -0.123. The molecule has 2 aliphatic heterocycles. The minimum absolute atomic E-state index is 0.122. The van der Waals surface area contributed by atoms with E-state index < -0.39 is 0 Å². The number of hydrogen-bond donors (Lipinski definition) is 2. The van der Waals surface area contributed by atoms with Crippen LogP contribution in [-0.2, 0) is 4.79 Å². The van der Waals surface area contributed by atoms with E-state index in [0.717, 1.165) is 32.4 Å². The summed E-state index contributed by atoms with van der Waals surface area (Å²) in [6.07, 6.45) is 2.55. The fourth-order valence-corrected chi connectivity index (χ4v) is 3.38. The number of nitrogens with zero attached hydrogens (tertiary/aromatic N) is 1. The third-order valence-electron chi connectivity index (χ3n) is 5.01. The Morgan fingerprint density at radius 3 is 2.53 bits per heavy atom. The van der Waals surface area contributed by atoms with E-state index in [1.165, 1.54) is 0 Å². The van der Waals surface area contributed by atoms with Gasteiger partial charge in [0.05, 0.1) is 18.5 Å². The zero-order valence-corrected chi connectivity index (χ0v) is 12.3. The van der Waals surface area contributed by atoms with Gasteiger partial charge in [0.2, 0.25) is 5.91 Å². The number of quaternary nitrogens is 1. The molecule has 0 aromatic rings. The smallest absolute Gasteiger partial charge is 0.231 e. The van der Waals surface area contributed by atoms with Crippen molar-refractivity contribution in [2.75, 3.05) is 19.6 Å². The molecule has 5 nitrogen and oxygen atoms in total. The molecule has 2 unspecified atom stereocenters. The number of hydroxylamine groups is 2. The van der Waals surface area contributed by atoms with Crippen molar-refractivity contribution in [2.45, 2.75) is 51.6 Å². The van der Waals surface area contributed by atoms with Crippen LogP contribution >= 0.6 is 0 Å². The Labute approximate surface area is 115 Å². The maximum Gasteiger partial charge on any atom is 0.231 e. The lowest BCUT2D eigenvalue weighted by atomic mass is 9.80. The van der Waals surface area contributed by atoms with E-state index in [9.17, 15) is 10.0 Å². The van der Waals surface area contributed by atoms with Crippen molar-refractivity contribution in [3.05, 3.63) is 5.21 Å². The number of hydrogen-bond acceptors (Lipinski definition) is 3. The van der Waals surface area contributed by atoms with E-state index >= 15 is 0 Å². The van der Waals surface area contributed by atoms with E-state index in [-0.39, 0.29) is 28.5 Å². The molecule has 2 rings (SSSR count). The van der Waals surface area contributed by atoms with Crippen LogP contribution in [0.3, 0.4) is 0 Å². The van der Waals surface area contributed by atoms with Gasteiger partial charge in [0.15, 0.2) is 0 Å². The molecule has 4 atom stereocenters. The van der Waals surface area contributed by atoms with Crippen molar-refractivity contribution < 1.29 is 9.86 Å². The van der Waals surface area contributed by atoms with Gasteiger partial charge < -0.3 is 20.9 Å². The molecule has 0 bridgehead atoms. The van der Waals surface area contributed by atoms with Crippen molar-refractivity contribution in [1.29, 1.82) is 0 Å². The molecule has 0 radical (unpaired) electrons. The Morgan fingerprint density at radius 2 is 1.95 bits per heavy atom. The first-order valence-corrected chi connectivity index (χ1v) is 7.42. The van der Waals surface area contributed by atoms with Gasteiger partial charge in [-0.25, -0.2) is 0 Å². The van der Waals surface area contributed by atoms with Crippen molar-refractivity contribution in [3.8, 4) is 0 Å². The topological polar surface area (TPSA) is 73.8 Å². The Hall–Kier alpha value is -0.650. The second kappa shape index (κ2) is 5.38. The SMILES string of the molecule is CC1CC[NH+]([O-])[C@@H](C)[C@@H]1C(=O)N1CCC(C)(N)CC1. The molecule has 2 heterocycles. The zero-order valence-electron chi connectivity index (χ0n) is 12.3. The molecule has 0 aliphatic carbocycles. The fourth-order valence-electron chi connectivity index (χ4n) is 3.38. The average Bonchev–Trinajstić information content (AvgIpc) is 2.34. The standard InChI is InChI=1S/C14H27N3O2/c1-10-4-7-17(19)11(2)12(10)13(18)16-8-5-14(3,15)6-9-16/h10-12,17H,4-9,15H2,1-3H3/t10?,11-,12+/m0/s1. The first-order chi connectivity index (χ1) is 8.82. The average molecular weight is 269 g/mol. The van der Waals surface area contributed by atoms with Gasteiger partial charge in [-0.1, -0.05) is 6.92 Å². The van der Waals surface area contributed by atoms with Crippen LogP contribution in [-0.4, -0.2) is 42.0 Å². The predicted molar refractivity (Wildman–Crippen MR) is 74.3 cm³/mol. The van der Waals surface area contributed by atoms with E-state index in [4.69, 9.17) is 5.73 Å². The number of amides is 1.